The summed E-state index contributed by atoms with van der Waals surface area (Å²) < 4.78 is 7.12. The van der Waals surface area contributed by atoms with Crippen molar-refractivity contribution in [1.82, 2.24) is 9.88 Å². The van der Waals surface area contributed by atoms with E-state index in [4.69, 9.17) is 9.72 Å². The molecule has 1 aliphatic heterocycles. The Bertz CT molecular complexity index is 910. The zero-order valence-electron chi connectivity index (χ0n) is 16.4. The number of aryl methyl sites for hydroxylation is 1. The highest BCUT2D eigenvalue weighted by Gasteiger charge is 2.29. The molecule has 0 bridgehead atoms. The smallest absolute Gasteiger partial charge is 0.263 e. The van der Waals surface area contributed by atoms with Crippen molar-refractivity contribution >= 4 is 27.5 Å². The van der Waals surface area contributed by atoms with E-state index in [9.17, 15) is 4.79 Å². The molecule has 2 aromatic carbocycles. The quantitative estimate of drug-likeness (QED) is 0.609. The number of hydrogen-bond donors (Lipinski definition) is 0. The molecule has 1 aliphatic rings. The molecule has 4 nitrogen and oxygen atoms in total. The molecular weight excluding hydrogens is 368 g/mol. The van der Waals surface area contributed by atoms with Gasteiger partial charge in [0.2, 0.25) is 0 Å². The molecule has 4 rings (SSSR count). The molecule has 1 atom stereocenters. The maximum atomic E-state index is 12.8. The van der Waals surface area contributed by atoms with E-state index in [2.05, 4.69) is 37.3 Å². The van der Waals surface area contributed by atoms with Gasteiger partial charge in [0.05, 0.1) is 15.2 Å². The Hall–Kier alpha value is -2.40. The molecule has 28 heavy (non-hydrogen) atoms. The average molecular weight is 395 g/mol. The monoisotopic (exact) mass is 394 g/mol. The first-order valence-electron chi connectivity index (χ1n) is 10.0. The zero-order chi connectivity index (χ0) is 19.5. The standard InChI is InChI=1S/C23H26N2O2S/c1-3-17-8-10-19(11-9-17)27-16(2)23(26)25-14-12-18(13-15-25)22-24-20-6-4-5-7-21(20)28-22/h4-11,16,18H,3,12-15H2,1-2H3/t16-/m1/s1. The lowest BCUT2D eigenvalue weighted by molar-refractivity contribution is -0.139. The average Bonchev–Trinajstić information content (AvgIpc) is 3.18. The maximum absolute atomic E-state index is 12.8. The molecule has 5 heteroatoms. The molecular formula is C23H26N2O2S. The molecule has 3 aromatic rings. The van der Waals surface area contributed by atoms with Gasteiger partial charge in [-0.25, -0.2) is 4.98 Å². The number of rotatable bonds is 5. The van der Waals surface area contributed by atoms with E-state index in [0.29, 0.717) is 5.92 Å². The topological polar surface area (TPSA) is 42.4 Å². The SMILES string of the molecule is CCc1ccc(O[C@H](C)C(=O)N2CCC(c3nc4ccccc4s3)CC2)cc1. The summed E-state index contributed by atoms with van der Waals surface area (Å²) in [6, 6.07) is 16.3. The van der Waals surface area contributed by atoms with E-state index in [1.54, 1.807) is 11.3 Å². The van der Waals surface area contributed by atoms with Gasteiger partial charge in [-0.1, -0.05) is 31.2 Å². The minimum atomic E-state index is -0.466. The van der Waals surface area contributed by atoms with Gasteiger partial charge in [0, 0.05) is 19.0 Å². The second-order valence-electron chi connectivity index (χ2n) is 7.38. The van der Waals surface area contributed by atoms with Crippen molar-refractivity contribution in [3.05, 3.63) is 59.1 Å². The van der Waals surface area contributed by atoms with Crippen LogP contribution in [-0.4, -0.2) is 35.0 Å². The summed E-state index contributed by atoms with van der Waals surface area (Å²) >= 11 is 1.79. The number of fused-ring (bicyclic) bond motifs is 1. The fraction of sp³-hybridized carbons (Fsp3) is 0.391. The summed E-state index contributed by atoms with van der Waals surface area (Å²) in [6.07, 6.45) is 2.46. The molecule has 1 fully saturated rings. The third-order valence-electron chi connectivity index (χ3n) is 5.46. The van der Waals surface area contributed by atoms with Crippen molar-refractivity contribution in [3.63, 3.8) is 0 Å². The molecule has 0 aliphatic carbocycles. The van der Waals surface area contributed by atoms with Crippen LogP contribution in [0, 0.1) is 0 Å². The van der Waals surface area contributed by atoms with Crippen molar-refractivity contribution in [3.8, 4) is 5.75 Å². The van der Waals surface area contributed by atoms with Crippen LogP contribution < -0.4 is 4.74 Å². The Labute approximate surface area is 170 Å². The number of benzene rings is 2. The summed E-state index contributed by atoms with van der Waals surface area (Å²) in [4.78, 5) is 19.5. The molecule has 0 N–H and O–H groups in total. The van der Waals surface area contributed by atoms with Crippen molar-refractivity contribution in [1.29, 1.82) is 0 Å². The third kappa shape index (κ3) is 4.04. The lowest BCUT2D eigenvalue weighted by Crippen LogP contribution is -2.44. The van der Waals surface area contributed by atoms with E-state index in [1.807, 2.05) is 30.0 Å². The first-order valence-corrected chi connectivity index (χ1v) is 10.9. The number of nitrogens with zero attached hydrogens (tertiary/aromatic N) is 2. The number of para-hydroxylation sites is 1. The van der Waals surface area contributed by atoms with E-state index in [1.165, 1.54) is 15.3 Å². The van der Waals surface area contributed by atoms with Gasteiger partial charge in [-0.2, -0.15) is 0 Å². The highest BCUT2D eigenvalue weighted by Crippen LogP contribution is 2.34. The summed E-state index contributed by atoms with van der Waals surface area (Å²) in [7, 11) is 0. The minimum Gasteiger partial charge on any atom is -0.481 e. The summed E-state index contributed by atoms with van der Waals surface area (Å²) in [5, 5.41) is 1.20. The lowest BCUT2D eigenvalue weighted by atomic mass is 9.97. The number of carbonyl (C=O) groups excluding carboxylic acids is 1. The predicted molar refractivity (Wildman–Crippen MR) is 114 cm³/mol. The molecule has 1 amide bonds. The van der Waals surface area contributed by atoms with Gasteiger partial charge in [-0.3, -0.25) is 4.79 Å². The van der Waals surface area contributed by atoms with Crippen LogP contribution in [0.4, 0.5) is 0 Å². The Morgan fingerprint density at radius 3 is 2.57 bits per heavy atom. The third-order valence-corrected chi connectivity index (χ3v) is 6.66. The van der Waals surface area contributed by atoms with Gasteiger partial charge in [-0.15, -0.1) is 11.3 Å². The maximum Gasteiger partial charge on any atom is 0.263 e. The Morgan fingerprint density at radius 1 is 1.18 bits per heavy atom. The summed E-state index contributed by atoms with van der Waals surface area (Å²) in [5.41, 5.74) is 2.35. The molecule has 0 radical (unpaired) electrons. The zero-order valence-corrected chi connectivity index (χ0v) is 17.2. The van der Waals surface area contributed by atoms with E-state index in [0.717, 1.165) is 43.6 Å². The largest absolute Gasteiger partial charge is 0.481 e. The number of likely N-dealkylation sites (tertiary alicyclic amines) is 1. The van der Waals surface area contributed by atoms with Crippen molar-refractivity contribution < 1.29 is 9.53 Å². The Kier molecular flexibility index (Phi) is 5.62. The first kappa shape index (κ1) is 18.9. The van der Waals surface area contributed by atoms with Gasteiger partial charge in [0.1, 0.15) is 5.75 Å². The van der Waals surface area contributed by atoms with Crippen LogP contribution in [0.1, 0.15) is 43.2 Å². The van der Waals surface area contributed by atoms with Crippen LogP contribution in [0.15, 0.2) is 48.5 Å². The molecule has 1 saturated heterocycles. The Balaban J connectivity index is 1.33. The highest BCUT2D eigenvalue weighted by atomic mass is 32.1. The van der Waals surface area contributed by atoms with Crippen LogP contribution >= 0.6 is 11.3 Å². The summed E-state index contributed by atoms with van der Waals surface area (Å²) in [6.45, 7) is 5.50. The molecule has 146 valence electrons. The fourth-order valence-electron chi connectivity index (χ4n) is 3.73. The normalized spacial score (nSPS) is 16.3. The van der Waals surface area contributed by atoms with Crippen LogP contribution in [0.2, 0.25) is 0 Å². The van der Waals surface area contributed by atoms with Crippen LogP contribution in [0.25, 0.3) is 10.2 Å². The molecule has 1 aromatic heterocycles. The van der Waals surface area contributed by atoms with Gasteiger partial charge < -0.3 is 9.64 Å². The van der Waals surface area contributed by atoms with Gasteiger partial charge in [0.25, 0.3) is 5.91 Å². The molecule has 2 heterocycles. The van der Waals surface area contributed by atoms with Crippen molar-refractivity contribution in [2.24, 2.45) is 0 Å². The predicted octanol–water partition coefficient (Wildman–Crippen LogP) is 5.03. The number of aromatic nitrogens is 1. The first-order chi connectivity index (χ1) is 13.6. The highest BCUT2D eigenvalue weighted by molar-refractivity contribution is 7.18. The van der Waals surface area contributed by atoms with Crippen LogP contribution in [0.5, 0.6) is 5.75 Å². The number of hydrogen-bond acceptors (Lipinski definition) is 4. The van der Waals surface area contributed by atoms with Gasteiger partial charge in [0.15, 0.2) is 6.10 Å². The molecule has 0 unspecified atom stereocenters. The van der Waals surface area contributed by atoms with E-state index >= 15 is 0 Å². The minimum absolute atomic E-state index is 0.0716. The Morgan fingerprint density at radius 2 is 1.89 bits per heavy atom. The number of piperidine rings is 1. The van der Waals surface area contributed by atoms with Crippen LogP contribution in [-0.2, 0) is 11.2 Å². The van der Waals surface area contributed by atoms with Gasteiger partial charge in [-0.05, 0) is 56.0 Å². The van der Waals surface area contributed by atoms with E-state index < -0.39 is 6.10 Å². The number of amides is 1. The number of thiazole rings is 1. The van der Waals surface area contributed by atoms with Crippen LogP contribution in [0.3, 0.4) is 0 Å². The van der Waals surface area contributed by atoms with Crippen molar-refractivity contribution in [2.75, 3.05) is 13.1 Å². The second-order valence-corrected chi connectivity index (χ2v) is 8.44. The second kappa shape index (κ2) is 8.31. The van der Waals surface area contributed by atoms with Gasteiger partial charge >= 0.3 is 0 Å². The lowest BCUT2D eigenvalue weighted by Gasteiger charge is -2.32. The van der Waals surface area contributed by atoms with Crippen molar-refractivity contribution in [2.45, 2.75) is 45.1 Å². The molecule has 0 spiro atoms. The fourth-order valence-corrected chi connectivity index (χ4v) is 4.86. The molecule has 0 saturated carbocycles. The van der Waals surface area contributed by atoms with E-state index in [-0.39, 0.29) is 5.91 Å². The number of carbonyl (C=O) groups is 1. The summed E-state index contributed by atoms with van der Waals surface area (Å²) in [5.74, 6) is 1.27. The number of ether oxygens (including phenoxy) is 1.